The highest BCUT2D eigenvalue weighted by Gasteiger charge is 2.26. The molecule has 0 aromatic heterocycles. The maximum Gasteiger partial charge on any atom is 0.125 e. The van der Waals surface area contributed by atoms with Gasteiger partial charge in [0, 0.05) is 6.04 Å². The molecule has 2 nitrogen and oxygen atoms in total. The van der Waals surface area contributed by atoms with Gasteiger partial charge in [-0.15, -0.1) is 0 Å². The summed E-state index contributed by atoms with van der Waals surface area (Å²) in [7, 11) is 0. The zero-order valence-corrected chi connectivity index (χ0v) is 12.7. The summed E-state index contributed by atoms with van der Waals surface area (Å²) in [5, 5.41) is 3.71. The van der Waals surface area contributed by atoms with E-state index in [0.717, 1.165) is 13.2 Å². The number of benzene rings is 1. The second kappa shape index (κ2) is 6.62. The molecule has 110 valence electrons. The minimum absolute atomic E-state index is 0.686. The van der Waals surface area contributed by atoms with Crippen LogP contribution in [0.25, 0.3) is 0 Å². The molecule has 1 aromatic carbocycles. The molecule has 2 unspecified atom stereocenters. The Hall–Kier alpha value is -1.02. The van der Waals surface area contributed by atoms with E-state index in [9.17, 15) is 0 Å². The lowest BCUT2D eigenvalue weighted by Gasteiger charge is -2.32. The maximum absolute atomic E-state index is 6.00. The van der Waals surface area contributed by atoms with Crippen LogP contribution >= 0.6 is 0 Å². The van der Waals surface area contributed by atoms with Crippen LogP contribution in [0.2, 0.25) is 0 Å². The van der Waals surface area contributed by atoms with Crippen LogP contribution in [0.5, 0.6) is 5.75 Å². The molecule has 3 rings (SSSR count). The number of para-hydroxylation sites is 1. The SMILES string of the molecule is CCCNC1CCCC(c2cccc3c2OCCC3)C1. The number of nitrogens with one attached hydrogen (secondary N) is 1. The summed E-state index contributed by atoms with van der Waals surface area (Å²) in [6.07, 6.45) is 8.87. The second-order valence-corrected chi connectivity index (χ2v) is 6.30. The average molecular weight is 273 g/mol. The van der Waals surface area contributed by atoms with Crippen molar-refractivity contribution in [3.8, 4) is 5.75 Å². The maximum atomic E-state index is 6.00. The second-order valence-electron chi connectivity index (χ2n) is 6.30. The van der Waals surface area contributed by atoms with Gasteiger partial charge in [0.05, 0.1) is 6.61 Å². The quantitative estimate of drug-likeness (QED) is 0.894. The lowest BCUT2D eigenvalue weighted by Crippen LogP contribution is -2.34. The first-order valence-electron chi connectivity index (χ1n) is 8.36. The number of ether oxygens (including phenoxy) is 1. The number of fused-ring (bicyclic) bond motifs is 1. The van der Waals surface area contributed by atoms with E-state index >= 15 is 0 Å². The van der Waals surface area contributed by atoms with E-state index in [1.807, 2.05) is 0 Å². The number of aryl methyl sites for hydroxylation is 1. The van der Waals surface area contributed by atoms with Crippen molar-refractivity contribution in [3.63, 3.8) is 0 Å². The zero-order chi connectivity index (χ0) is 13.8. The van der Waals surface area contributed by atoms with Crippen molar-refractivity contribution < 1.29 is 4.74 Å². The fourth-order valence-electron chi connectivity index (χ4n) is 3.74. The van der Waals surface area contributed by atoms with Gasteiger partial charge in [-0.3, -0.25) is 0 Å². The monoisotopic (exact) mass is 273 g/mol. The lowest BCUT2D eigenvalue weighted by atomic mass is 9.80. The summed E-state index contributed by atoms with van der Waals surface area (Å²) in [4.78, 5) is 0. The number of hydrogen-bond donors (Lipinski definition) is 1. The predicted octanol–water partition coefficient (Wildman–Crippen LogP) is 4.04. The fourth-order valence-corrected chi connectivity index (χ4v) is 3.74. The third-order valence-electron chi connectivity index (χ3n) is 4.76. The Kier molecular flexibility index (Phi) is 4.62. The molecule has 0 saturated heterocycles. The van der Waals surface area contributed by atoms with E-state index in [0.29, 0.717) is 12.0 Å². The summed E-state index contributed by atoms with van der Waals surface area (Å²) >= 11 is 0. The summed E-state index contributed by atoms with van der Waals surface area (Å²) in [6, 6.07) is 7.48. The van der Waals surface area contributed by atoms with E-state index in [1.165, 1.54) is 61.8 Å². The first kappa shape index (κ1) is 13.9. The van der Waals surface area contributed by atoms with Crippen molar-refractivity contribution in [1.29, 1.82) is 0 Å². The molecule has 2 aliphatic rings. The van der Waals surface area contributed by atoms with Crippen molar-refractivity contribution in [2.24, 2.45) is 0 Å². The minimum atomic E-state index is 0.686. The first-order chi connectivity index (χ1) is 9.88. The Bertz CT molecular complexity index is 443. The molecule has 1 aliphatic carbocycles. The average Bonchev–Trinajstić information content (AvgIpc) is 2.52. The molecule has 0 bridgehead atoms. The number of hydrogen-bond acceptors (Lipinski definition) is 2. The topological polar surface area (TPSA) is 21.3 Å². The van der Waals surface area contributed by atoms with Gasteiger partial charge in [-0.25, -0.2) is 0 Å². The van der Waals surface area contributed by atoms with Gasteiger partial charge in [0.1, 0.15) is 5.75 Å². The van der Waals surface area contributed by atoms with Crippen LogP contribution in [0.1, 0.15) is 62.5 Å². The molecular formula is C18H27NO. The Morgan fingerprint density at radius 1 is 1.25 bits per heavy atom. The summed E-state index contributed by atoms with van der Waals surface area (Å²) in [6.45, 7) is 4.30. The smallest absolute Gasteiger partial charge is 0.125 e. The fraction of sp³-hybridized carbons (Fsp3) is 0.667. The normalized spacial score (nSPS) is 25.9. The van der Waals surface area contributed by atoms with Gasteiger partial charge in [-0.05, 0) is 62.1 Å². The Morgan fingerprint density at radius 3 is 3.10 bits per heavy atom. The lowest BCUT2D eigenvalue weighted by molar-refractivity contribution is 0.275. The zero-order valence-electron chi connectivity index (χ0n) is 12.7. The molecule has 1 saturated carbocycles. The summed E-state index contributed by atoms with van der Waals surface area (Å²) in [5.41, 5.74) is 2.91. The third-order valence-corrected chi connectivity index (χ3v) is 4.76. The van der Waals surface area contributed by atoms with E-state index in [-0.39, 0.29) is 0 Å². The van der Waals surface area contributed by atoms with Crippen LogP contribution in [-0.4, -0.2) is 19.2 Å². The molecule has 1 N–H and O–H groups in total. The highest BCUT2D eigenvalue weighted by atomic mass is 16.5. The van der Waals surface area contributed by atoms with Gasteiger partial charge in [0.2, 0.25) is 0 Å². The van der Waals surface area contributed by atoms with Gasteiger partial charge >= 0.3 is 0 Å². The first-order valence-corrected chi connectivity index (χ1v) is 8.36. The molecule has 2 heteroatoms. The summed E-state index contributed by atoms with van der Waals surface area (Å²) in [5.74, 6) is 1.91. The van der Waals surface area contributed by atoms with Crippen molar-refractivity contribution in [2.45, 2.75) is 63.8 Å². The molecule has 0 amide bonds. The van der Waals surface area contributed by atoms with Crippen LogP contribution in [0.4, 0.5) is 0 Å². The Morgan fingerprint density at radius 2 is 2.20 bits per heavy atom. The number of rotatable bonds is 4. The van der Waals surface area contributed by atoms with E-state index in [2.05, 4.69) is 30.4 Å². The van der Waals surface area contributed by atoms with Crippen LogP contribution in [-0.2, 0) is 6.42 Å². The largest absolute Gasteiger partial charge is 0.493 e. The van der Waals surface area contributed by atoms with Crippen molar-refractivity contribution in [2.75, 3.05) is 13.2 Å². The highest BCUT2D eigenvalue weighted by molar-refractivity contribution is 5.45. The standard InChI is InChI=1S/C18H27NO/c1-2-11-19-16-9-3-7-15(13-16)17-10-4-6-14-8-5-12-20-18(14)17/h4,6,10,15-16,19H,2-3,5,7-9,11-13H2,1H3. The van der Waals surface area contributed by atoms with Crippen molar-refractivity contribution in [1.82, 2.24) is 5.32 Å². The summed E-state index contributed by atoms with van der Waals surface area (Å²) < 4.78 is 6.00. The molecule has 1 aliphatic heterocycles. The van der Waals surface area contributed by atoms with Crippen molar-refractivity contribution in [3.05, 3.63) is 29.3 Å². The van der Waals surface area contributed by atoms with Gasteiger partial charge < -0.3 is 10.1 Å². The van der Waals surface area contributed by atoms with Crippen molar-refractivity contribution >= 4 is 0 Å². The Labute approximate surface area is 122 Å². The van der Waals surface area contributed by atoms with Gasteiger partial charge in [-0.2, -0.15) is 0 Å². The minimum Gasteiger partial charge on any atom is -0.493 e. The van der Waals surface area contributed by atoms with Crippen LogP contribution in [0, 0.1) is 0 Å². The van der Waals surface area contributed by atoms with Crippen LogP contribution in [0.15, 0.2) is 18.2 Å². The Balaban J connectivity index is 1.75. The molecular weight excluding hydrogens is 246 g/mol. The molecule has 0 radical (unpaired) electrons. The predicted molar refractivity (Wildman–Crippen MR) is 83.5 cm³/mol. The third kappa shape index (κ3) is 3.01. The molecule has 1 heterocycles. The highest BCUT2D eigenvalue weighted by Crippen LogP contribution is 2.40. The van der Waals surface area contributed by atoms with Gasteiger partial charge in [0.25, 0.3) is 0 Å². The molecule has 1 fully saturated rings. The van der Waals surface area contributed by atoms with Gasteiger partial charge in [-0.1, -0.05) is 31.5 Å². The van der Waals surface area contributed by atoms with E-state index < -0.39 is 0 Å². The molecule has 0 spiro atoms. The van der Waals surface area contributed by atoms with E-state index in [4.69, 9.17) is 4.74 Å². The van der Waals surface area contributed by atoms with Crippen LogP contribution in [0.3, 0.4) is 0 Å². The van der Waals surface area contributed by atoms with E-state index in [1.54, 1.807) is 0 Å². The molecule has 1 aromatic rings. The van der Waals surface area contributed by atoms with Gasteiger partial charge in [0.15, 0.2) is 0 Å². The molecule has 2 atom stereocenters. The van der Waals surface area contributed by atoms with Crippen LogP contribution < -0.4 is 10.1 Å². The molecule has 20 heavy (non-hydrogen) atoms.